The Morgan fingerprint density at radius 1 is 1.10 bits per heavy atom. The molecule has 0 saturated carbocycles. The van der Waals surface area contributed by atoms with Gasteiger partial charge in [0.15, 0.2) is 0 Å². The van der Waals surface area contributed by atoms with Gasteiger partial charge in [-0.1, -0.05) is 29.3 Å². The number of nitrogens with zero attached hydrogens (tertiary/aromatic N) is 1. The molecular formula is C14H11Cl2NO3. The molecule has 2 aromatic carbocycles. The zero-order chi connectivity index (χ0) is 14.9. The Balaban J connectivity index is 2.38. The van der Waals surface area contributed by atoms with E-state index in [1.54, 1.807) is 6.07 Å². The molecule has 0 aliphatic carbocycles. The molecule has 0 atom stereocenters. The zero-order valence-electron chi connectivity index (χ0n) is 10.8. The van der Waals surface area contributed by atoms with Gasteiger partial charge in [0.25, 0.3) is 5.69 Å². The maximum atomic E-state index is 10.7. The van der Waals surface area contributed by atoms with Gasteiger partial charge in [-0.2, -0.15) is 0 Å². The Kier molecular flexibility index (Phi) is 4.16. The van der Waals surface area contributed by atoms with Crippen LogP contribution in [0.5, 0.6) is 11.5 Å². The lowest BCUT2D eigenvalue weighted by Gasteiger charge is -2.12. The fraction of sp³-hybridized carbons (Fsp3) is 0.143. The molecule has 0 radical (unpaired) electrons. The van der Waals surface area contributed by atoms with Gasteiger partial charge in [-0.05, 0) is 37.1 Å². The van der Waals surface area contributed by atoms with Crippen molar-refractivity contribution in [3.63, 3.8) is 0 Å². The first-order valence-electron chi connectivity index (χ1n) is 5.77. The molecule has 20 heavy (non-hydrogen) atoms. The van der Waals surface area contributed by atoms with E-state index < -0.39 is 4.92 Å². The average Bonchev–Trinajstić information content (AvgIpc) is 2.34. The highest BCUT2D eigenvalue weighted by Crippen LogP contribution is 2.37. The first kappa shape index (κ1) is 14.6. The SMILES string of the molecule is Cc1cc(C)c(Oc2ccc([N+](=O)[O-])cc2Cl)c(Cl)c1. The second-order valence-corrected chi connectivity index (χ2v) is 5.18. The molecule has 2 rings (SSSR count). The molecule has 0 saturated heterocycles. The molecule has 4 nitrogen and oxygen atoms in total. The van der Waals surface area contributed by atoms with Gasteiger partial charge in [-0.15, -0.1) is 0 Å². The van der Waals surface area contributed by atoms with Crippen LogP contribution >= 0.6 is 23.2 Å². The summed E-state index contributed by atoms with van der Waals surface area (Å²) in [4.78, 5) is 10.1. The first-order chi connectivity index (χ1) is 9.38. The Bertz CT molecular complexity index is 663. The Labute approximate surface area is 126 Å². The van der Waals surface area contributed by atoms with E-state index in [-0.39, 0.29) is 10.7 Å². The highest BCUT2D eigenvalue weighted by Gasteiger charge is 2.13. The predicted octanol–water partition coefficient (Wildman–Crippen LogP) is 5.31. The number of rotatable bonds is 3. The molecule has 0 fully saturated rings. The highest BCUT2D eigenvalue weighted by molar-refractivity contribution is 6.33. The van der Waals surface area contributed by atoms with Gasteiger partial charge >= 0.3 is 0 Å². The largest absolute Gasteiger partial charge is 0.454 e. The third kappa shape index (κ3) is 3.03. The third-order valence-electron chi connectivity index (χ3n) is 2.71. The number of nitro groups is 1. The van der Waals surface area contributed by atoms with E-state index in [0.717, 1.165) is 11.1 Å². The molecule has 0 aromatic heterocycles. The smallest absolute Gasteiger partial charge is 0.271 e. The highest BCUT2D eigenvalue weighted by atomic mass is 35.5. The van der Waals surface area contributed by atoms with Gasteiger partial charge in [0.05, 0.1) is 15.0 Å². The lowest BCUT2D eigenvalue weighted by Crippen LogP contribution is -1.92. The van der Waals surface area contributed by atoms with Crippen molar-refractivity contribution in [1.29, 1.82) is 0 Å². The molecule has 104 valence electrons. The summed E-state index contributed by atoms with van der Waals surface area (Å²) < 4.78 is 5.67. The van der Waals surface area contributed by atoms with Crippen molar-refractivity contribution >= 4 is 28.9 Å². The molecule has 6 heteroatoms. The topological polar surface area (TPSA) is 52.4 Å². The van der Waals surface area contributed by atoms with Crippen LogP contribution in [0.4, 0.5) is 5.69 Å². The fourth-order valence-electron chi connectivity index (χ4n) is 1.83. The van der Waals surface area contributed by atoms with Gasteiger partial charge in [0.2, 0.25) is 0 Å². The van der Waals surface area contributed by atoms with E-state index >= 15 is 0 Å². The summed E-state index contributed by atoms with van der Waals surface area (Å²) in [5.41, 5.74) is 1.80. The van der Waals surface area contributed by atoms with Crippen LogP contribution in [0.1, 0.15) is 11.1 Å². The monoisotopic (exact) mass is 311 g/mol. The molecule has 0 bridgehead atoms. The summed E-state index contributed by atoms with van der Waals surface area (Å²) in [7, 11) is 0. The van der Waals surface area contributed by atoms with Crippen molar-refractivity contribution in [2.45, 2.75) is 13.8 Å². The number of hydrogen-bond acceptors (Lipinski definition) is 3. The molecule has 0 aliphatic rings. The van der Waals surface area contributed by atoms with Crippen molar-refractivity contribution in [3.05, 3.63) is 61.6 Å². The van der Waals surface area contributed by atoms with E-state index in [9.17, 15) is 10.1 Å². The second-order valence-electron chi connectivity index (χ2n) is 4.37. The van der Waals surface area contributed by atoms with Crippen molar-refractivity contribution in [1.82, 2.24) is 0 Å². The zero-order valence-corrected chi connectivity index (χ0v) is 12.3. The van der Waals surface area contributed by atoms with E-state index in [4.69, 9.17) is 27.9 Å². The van der Waals surface area contributed by atoms with Crippen LogP contribution in [0, 0.1) is 24.0 Å². The lowest BCUT2D eigenvalue weighted by atomic mass is 10.1. The van der Waals surface area contributed by atoms with Gasteiger partial charge in [-0.25, -0.2) is 0 Å². The molecule has 0 aliphatic heterocycles. The van der Waals surface area contributed by atoms with E-state index in [0.29, 0.717) is 16.5 Å². The summed E-state index contributed by atoms with van der Waals surface area (Å²) in [6, 6.07) is 7.74. The summed E-state index contributed by atoms with van der Waals surface area (Å²) in [6.45, 7) is 3.80. The van der Waals surface area contributed by atoms with Crippen LogP contribution in [-0.2, 0) is 0 Å². The average molecular weight is 312 g/mol. The number of hydrogen-bond donors (Lipinski definition) is 0. The van der Waals surface area contributed by atoms with Crippen molar-refractivity contribution in [2.24, 2.45) is 0 Å². The third-order valence-corrected chi connectivity index (χ3v) is 3.29. The Hall–Kier alpha value is -1.78. The minimum Gasteiger partial charge on any atom is -0.454 e. The number of halogens is 2. The number of benzene rings is 2. The molecule has 2 aromatic rings. The Morgan fingerprint density at radius 3 is 2.35 bits per heavy atom. The first-order valence-corrected chi connectivity index (χ1v) is 6.52. The summed E-state index contributed by atoms with van der Waals surface area (Å²) in [6.07, 6.45) is 0. The van der Waals surface area contributed by atoms with Crippen molar-refractivity contribution < 1.29 is 9.66 Å². The number of ether oxygens (including phenoxy) is 1. The van der Waals surface area contributed by atoms with Crippen LogP contribution in [0.3, 0.4) is 0 Å². The number of non-ortho nitro benzene ring substituents is 1. The minimum atomic E-state index is -0.514. The second kappa shape index (κ2) is 5.69. The van der Waals surface area contributed by atoms with E-state index in [2.05, 4.69) is 0 Å². The molecular weight excluding hydrogens is 301 g/mol. The number of nitro benzene ring substituents is 1. The van der Waals surface area contributed by atoms with Gasteiger partial charge in [0.1, 0.15) is 11.5 Å². The summed E-state index contributed by atoms with van der Waals surface area (Å²) >= 11 is 12.1. The maximum absolute atomic E-state index is 10.7. The molecule has 0 heterocycles. The molecule has 0 N–H and O–H groups in total. The van der Waals surface area contributed by atoms with Gasteiger partial charge in [-0.3, -0.25) is 10.1 Å². The van der Waals surface area contributed by atoms with Crippen LogP contribution in [0.2, 0.25) is 10.0 Å². The normalized spacial score (nSPS) is 10.4. The van der Waals surface area contributed by atoms with Gasteiger partial charge in [0, 0.05) is 12.1 Å². The van der Waals surface area contributed by atoms with Crippen molar-refractivity contribution in [3.8, 4) is 11.5 Å². The van der Waals surface area contributed by atoms with Crippen LogP contribution < -0.4 is 4.74 Å². The summed E-state index contributed by atoms with van der Waals surface area (Å²) in [5.74, 6) is 0.819. The van der Waals surface area contributed by atoms with Crippen LogP contribution in [0.25, 0.3) is 0 Å². The fourth-order valence-corrected chi connectivity index (χ4v) is 2.40. The molecule has 0 unspecified atom stereocenters. The maximum Gasteiger partial charge on any atom is 0.271 e. The quantitative estimate of drug-likeness (QED) is 0.570. The summed E-state index contributed by atoms with van der Waals surface area (Å²) in [5, 5.41) is 11.3. The molecule has 0 amide bonds. The Morgan fingerprint density at radius 2 is 1.80 bits per heavy atom. The standard InChI is InChI=1S/C14H11Cl2NO3/c1-8-5-9(2)14(12(16)6-8)20-13-4-3-10(17(18)19)7-11(13)15/h3-7H,1-2H3. The van der Waals surface area contributed by atoms with E-state index in [1.165, 1.54) is 18.2 Å². The van der Waals surface area contributed by atoms with Gasteiger partial charge < -0.3 is 4.74 Å². The van der Waals surface area contributed by atoms with E-state index in [1.807, 2.05) is 19.9 Å². The lowest BCUT2D eigenvalue weighted by molar-refractivity contribution is -0.384. The minimum absolute atomic E-state index is 0.0888. The predicted molar refractivity (Wildman–Crippen MR) is 79.1 cm³/mol. The van der Waals surface area contributed by atoms with Crippen molar-refractivity contribution in [2.75, 3.05) is 0 Å². The van der Waals surface area contributed by atoms with Crippen LogP contribution in [0.15, 0.2) is 30.3 Å². The molecule has 0 spiro atoms. The van der Waals surface area contributed by atoms with Crippen LogP contribution in [-0.4, -0.2) is 4.92 Å². The number of aryl methyl sites for hydroxylation is 2.